The van der Waals surface area contributed by atoms with Gasteiger partial charge in [0.2, 0.25) is 0 Å². The summed E-state index contributed by atoms with van der Waals surface area (Å²) in [5.41, 5.74) is 2.33. The first-order chi connectivity index (χ1) is 7.70. The van der Waals surface area contributed by atoms with E-state index in [-0.39, 0.29) is 17.3 Å². The van der Waals surface area contributed by atoms with Gasteiger partial charge in [-0.25, -0.2) is 4.39 Å². The molecule has 1 saturated heterocycles. The van der Waals surface area contributed by atoms with Crippen molar-refractivity contribution in [1.82, 2.24) is 0 Å². The zero-order chi connectivity index (χ0) is 11.2. The Morgan fingerprint density at radius 1 is 1.50 bits per heavy atom. The molecule has 86 valence electrons. The molecule has 0 amide bonds. The Kier molecular flexibility index (Phi) is 2.18. The molecule has 1 spiro atoms. The minimum absolute atomic E-state index is 0.0924. The van der Waals surface area contributed by atoms with Crippen LogP contribution in [0.2, 0.25) is 0 Å². The summed E-state index contributed by atoms with van der Waals surface area (Å²) in [6.07, 6.45) is 2.24. The van der Waals surface area contributed by atoms with E-state index in [1.807, 2.05) is 6.07 Å². The van der Waals surface area contributed by atoms with Gasteiger partial charge in [0.15, 0.2) is 0 Å². The molecule has 1 N–H and O–H groups in total. The molecular formula is C13H16FNO. The van der Waals surface area contributed by atoms with E-state index in [4.69, 9.17) is 4.74 Å². The van der Waals surface area contributed by atoms with E-state index in [0.29, 0.717) is 0 Å². The van der Waals surface area contributed by atoms with Crippen LogP contribution in [0.25, 0.3) is 0 Å². The van der Waals surface area contributed by atoms with E-state index in [0.717, 1.165) is 37.2 Å². The lowest BCUT2D eigenvalue weighted by Gasteiger charge is -2.36. The number of nitrogens with one attached hydrogen (secondary N) is 1. The lowest BCUT2D eigenvalue weighted by atomic mass is 9.74. The molecule has 0 aromatic heterocycles. The molecule has 2 aliphatic heterocycles. The summed E-state index contributed by atoms with van der Waals surface area (Å²) >= 11 is 0. The minimum Gasteiger partial charge on any atom is -0.384 e. The zero-order valence-corrected chi connectivity index (χ0v) is 9.42. The van der Waals surface area contributed by atoms with Crippen molar-refractivity contribution < 1.29 is 9.13 Å². The van der Waals surface area contributed by atoms with Crippen molar-refractivity contribution in [2.75, 3.05) is 18.5 Å². The highest BCUT2D eigenvalue weighted by Gasteiger charge is 2.42. The third kappa shape index (κ3) is 1.42. The average molecular weight is 221 g/mol. The first kappa shape index (κ1) is 10.1. The molecule has 0 saturated carbocycles. The monoisotopic (exact) mass is 221 g/mol. The number of rotatable bonds is 0. The molecule has 0 radical (unpaired) electrons. The summed E-state index contributed by atoms with van der Waals surface area (Å²) in [4.78, 5) is 0. The number of ether oxygens (including phenoxy) is 1. The summed E-state index contributed by atoms with van der Waals surface area (Å²) in [6.45, 7) is 3.79. The molecule has 2 unspecified atom stereocenters. The second-order valence-corrected chi connectivity index (χ2v) is 4.96. The van der Waals surface area contributed by atoms with Crippen LogP contribution in [0.1, 0.15) is 25.3 Å². The molecule has 1 fully saturated rings. The third-order valence-corrected chi connectivity index (χ3v) is 3.83. The maximum Gasteiger partial charge on any atom is 0.123 e. The highest BCUT2D eigenvalue weighted by Crippen LogP contribution is 2.45. The number of hydrogen-bond acceptors (Lipinski definition) is 2. The van der Waals surface area contributed by atoms with Gasteiger partial charge in [0.1, 0.15) is 5.82 Å². The number of anilines is 1. The highest BCUT2D eigenvalue weighted by molar-refractivity contribution is 5.60. The van der Waals surface area contributed by atoms with Crippen molar-refractivity contribution in [3.8, 4) is 0 Å². The predicted molar refractivity (Wildman–Crippen MR) is 61.2 cm³/mol. The van der Waals surface area contributed by atoms with Crippen LogP contribution in [0.3, 0.4) is 0 Å². The molecule has 16 heavy (non-hydrogen) atoms. The van der Waals surface area contributed by atoms with Crippen LogP contribution < -0.4 is 5.32 Å². The first-order valence-electron chi connectivity index (χ1n) is 5.85. The van der Waals surface area contributed by atoms with Crippen molar-refractivity contribution in [1.29, 1.82) is 0 Å². The fourth-order valence-electron chi connectivity index (χ4n) is 3.04. The quantitative estimate of drug-likeness (QED) is 0.727. The van der Waals surface area contributed by atoms with Gasteiger partial charge in [0, 0.05) is 24.3 Å². The van der Waals surface area contributed by atoms with Crippen LogP contribution >= 0.6 is 0 Å². The highest BCUT2D eigenvalue weighted by atomic mass is 19.1. The molecule has 0 aliphatic carbocycles. The fourth-order valence-corrected chi connectivity index (χ4v) is 3.04. The summed E-state index contributed by atoms with van der Waals surface area (Å²) in [7, 11) is 0. The molecular weight excluding hydrogens is 205 g/mol. The summed E-state index contributed by atoms with van der Waals surface area (Å²) in [5.74, 6) is -0.138. The van der Waals surface area contributed by atoms with Crippen molar-refractivity contribution >= 4 is 5.69 Å². The molecule has 2 heterocycles. The normalized spacial score (nSPS) is 32.5. The Morgan fingerprint density at radius 2 is 2.38 bits per heavy atom. The Hall–Kier alpha value is -1.09. The lowest BCUT2D eigenvalue weighted by molar-refractivity contribution is -0.00533. The maximum atomic E-state index is 13.3. The molecule has 2 nitrogen and oxygen atoms in total. The minimum atomic E-state index is -0.138. The van der Waals surface area contributed by atoms with Gasteiger partial charge in [0.25, 0.3) is 0 Å². The molecule has 0 bridgehead atoms. The number of halogens is 1. The molecule has 1 aromatic carbocycles. The topological polar surface area (TPSA) is 21.3 Å². The van der Waals surface area contributed by atoms with E-state index < -0.39 is 0 Å². The Balaban J connectivity index is 2.03. The third-order valence-electron chi connectivity index (χ3n) is 3.83. The van der Waals surface area contributed by atoms with Crippen LogP contribution in [0.5, 0.6) is 0 Å². The van der Waals surface area contributed by atoms with Crippen molar-refractivity contribution in [3.05, 3.63) is 29.6 Å². The Labute approximate surface area is 94.8 Å². The van der Waals surface area contributed by atoms with Gasteiger partial charge in [-0.05, 0) is 43.5 Å². The van der Waals surface area contributed by atoms with Gasteiger partial charge in [-0.2, -0.15) is 0 Å². The number of fused-ring (bicyclic) bond motifs is 2. The average Bonchev–Trinajstić information content (AvgIpc) is 2.58. The second kappa shape index (κ2) is 3.45. The van der Waals surface area contributed by atoms with Gasteiger partial charge in [-0.15, -0.1) is 0 Å². The van der Waals surface area contributed by atoms with Gasteiger partial charge >= 0.3 is 0 Å². The van der Waals surface area contributed by atoms with Crippen LogP contribution in [-0.2, 0) is 10.2 Å². The summed E-state index contributed by atoms with van der Waals surface area (Å²) < 4.78 is 18.9. The summed E-state index contributed by atoms with van der Waals surface area (Å²) in [5, 5.41) is 3.39. The maximum absolute atomic E-state index is 13.3. The van der Waals surface area contributed by atoms with Gasteiger partial charge in [-0.3, -0.25) is 0 Å². The predicted octanol–water partition coefficient (Wildman–Crippen LogP) is 2.69. The fraction of sp³-hybridized carbons (Fsp3) is 0.538. The summed E-state index contributed by atoms with van der Waals surface area (Å²) in [6, 6.07) is 5.06. The van der Waals surface area contributed by atoms with Crippen LogP contribution in [0.15, 0.2) is 18.2 Å². The molecule has 3 rings (SSSR count). The van der Waals surface area contributed by atoms with Gasteiger partial charge in [0.05, 0.1) is 6.10 Å². The Morgan fingerprint density at radius 3 is 3.19 bits per heavy atom. The largest absolute Gasteiger partial charge is 0.384 e. The van der Waals surface area contributed by atoms with Crippen molar-refractivity contribution in [3.63, 3.8) is 0 Å². The SMILES string of the molecule is CC1CC2(CCO1)CNc1ccc(F)cc12. The van der Waals surface area contributed by atoms with Crippen molar-refractivity contribution in [2.24, 2.45) is 0 Å². The first-order valence-corrected chi connectivity index (χ1v) is 5.85. The zero-order valence-electron chi connectivity index (χ0n) is 9.42. The Bertz CT molecular complexity index is 416. The van der Waals surface area contributed by atoms with Crippen molar-refractivity contribution in [2.45, 2.75) is 31.3 Å². The van der Waals surface area contributed by atoms with E-state index >= 15 is 0 Å². The second-order valence-electron chi connectivity index (χ2n) is 4.96. The molecule has 3 heteroatoms. The number of benzene rings is 1. The molecule has 2 aliphatic rings. The van der Waals surface area contributed by atoms with E-state index in [1.54, 1.807) is 6.07 Å². The van der Waals surface area contributed by atoms with Crippen LogP contribution in [-0.4, -0.2) is 19.3 Å². The van der Waals surface area contributed by atoms with E-state index in [1.165, 1.54) is 6.07 Å². The van der Waals surface area contributed by atoms with Crippen LogP contribution in [0.4, 0.5) is 10.1 Å². The number of hydrogen-bond donors (Lipinski definition) is 1. The molecule has 2 atom stereocenters. The smallest absolute Gasteiger partial charge is 0.123 e. The standard InChI is InChI=1S/C13H16FNO/c1-9-7-13(4-5-16-9)8-15-12-3-2-10(14)6-11(12)13/h2-3,6,9,15H,4-5,7-8H2,1H3. The lowest BCUT2D eigenvalue weighted by Crippen LogP contribution is -2.39. The van der Waals surface area contributed by atoms with E-state index in [2.05, 4.69) is 12.2 Å². The van der Waals surface area contributed by atoms with E-state index in [9.17, 15) is 4.39 Å². The molecule has 1 aromatic rings. The van der Waals surface area contributed by atoms with Gasteiger partial charge < -0.3 is 10.1 Å². The van der Waals surface area contributed by atoms with Crippen LogP contribution in [0, 0.1) is 5.82 Å². The van der Waals surface area contributed by atoms with Gasteiger partial charge in [-0.1, -0.05) is 0 Å².